The van der Waals surface area contributed by atoms with Crippen molar-refractivity contribution in [3.63, 3.8) is 0 Å². The molecule has 0 aliphatic rings. The monoisotopic (exact) mass is 220 g/mol. The van der Waals surface area contributed by atoms with Crippen molar-refractivity contribution >= 4 is 23.9 Å². The van der Waals surface area contributed by atoms with E-state index in [-0.39, 0.29) is 0 Å². The van der Waals surface area contributed by atoms with Crippen LogP contribution in [-0.2, 0) is 0 Å². The largest absolute Gasteiger partial charge is 0.241 e. The third kappa shape index (κ3) is 5.18. The summed E-state index contributed by atoms with van der Waals surface area (Å²) in [7, 11) is 3.92. The van der Waals surface area contributed by atoms with Crippen LogP contribution in [0, 0.1) is 0 Å². The number of nitrogens with zero attached hydrogens (tertiary/aromatic N) is 1. The maximum atomic E-state index is 5.99. The first-order chi connectivity index (χ1) is 7.18. The Kier molecular flexibility index (Phi) is 4.85. The molecule has 0 saturated carbocycles. The lowest BCUT2D eigenvalue weighted by molar-refractivity contribution is -0.458. The fourth-order valence-electron chi connectivity index (χ4n) is 1.02. The minimum atomic E-state index is 0.715. The molecule has 0 N–H and O–H groups in total. The first-order valence-corrected chi connectivity index (χ1v) is 5.16. The van der Waals surface area contributed by atoms with E-state index in [1.165, 1.54) is 0 Å². The van der Waals surface area contributed by atoms with Gasteiger partial charge in [-0.05, 0) is 11.6 Å². The highest BCUT2D eigenvalue weighted by atomic mass is 35.5. The Bertz CT molecular complexity index is 384. The third-order valence-corrected chi connectivity index (χ3v) is 2.02. The van der Waals surface area contributed by atoms with Crippen molar-refractivity contribution in [1.29, 1.82) is 0 Å². The minimum absolute atomic E-state index is 0.715. The molecule has 1 nitrogen and oxygen atoms in total. The molecule has 0 aliphatic carbocycles. The van der Waals surface area contributed by atoms with Gasteiger partial charge in [-0.15, -0.1) is 0 Å². The van der Waals surface area contributed by atoms with Gasteiger partial charge in [0.25, 0.3) is 0 Å². The van der Waals surface area contributed by atoms with Gasteiger partial charge in [0.1, 0.15) is 14.1 Å². The van der Waals surface area contributed by atoms with Gasteiger partial charge in [-0.1, -0.05) is 48.0 Å². The summed E-state index contributed by atoms with van der Waals surface area (Å²) >= 11 is 5.99. The number of halogens is 1. The maximum absolute atomic E-state index is 5.99. The molecule has 78 valence electrons. The Morgan fingerprint density at radius 3 is 2.47 bits per heavy atom. The smallest absolute Gasteiger partial charge is 0.164 e. The summed E-state index contributed by atoms with van der Waals surface area (Å²) in [5.41, 5.74) is 1.15. The minimum Gasteiger partial charge on any atom is -0.241 e. The number of rotatable bonds is 3. The summed E-state index contributed by atoms with van der Waals surface area (Å²) in [5.74, 6) is 0. The molecular formula is C13H15ClN+. The summed E-state index contributed by atoms with van der Waals surface area (Å²) in [6, 6.07) is 10.1. The second-order valence-electron chi connectivity index (χ2n) is 3.41. The molecule has 0 bridgehead atoms. The van der Waals surface area contributed by atoms with Gasteiger partial charge in [0, 0.05) is 11.1 Å². The van der Waals surface area contributed by atoms with Crippen LogP contribution in [0.2, 0.25) is 0 Å². The summed E-state index contributed by atoms with van der Waals surface area (Å²) in [4.78, 5) is 0. The van der Waals surface area contributed by atoms with E-state index >= 15 is 0 Å². The van der Waals surface area contributed by atoms with Gasteiger partial charge >= 0.3 is 0 Å². The first kappa shape index (κ1) is 11.7. The molecule has 1 aromatic rings. The van der Waals surface area contributed by atoms with Gasteiger partial charge in [-0.2, -0.15) is 0 Å². The van der Waals surface area contributed by atoms with Gasteiger partial charge in [-0.25, -0.2) is 4.58 Å². The summed E-state index contributed by atoms with van der Waals surface area (Å²) < 4.78 is 1.94. The van der Waals surface area contributed by atoms with Crippen LogP contribution in [0.15, 0.2) is 47.5 Å². The van der Waals surface area contributed by atoms with Crippen LogP contribution >= 0.6 is 11.6 Å². The second-order valence-corrected chi connectivity index (χ2v) is 3.84. The molecule has 0 saturated heterocycles. The zero-order valence-corrected chi connectivity index (χ0v) is 9.78. The van der Waals surface area contributed by atoms with Crippen LogP contribution in [0.3, 0.4) is 0 Å². The Morgan fingerprint density at radius 2 is 1.87 bits per heavy atom. The lowest BCUT2D eigenvalue weighted by Crippen LogP contribution is -1.95. The summed E-state index contributed by atoms with van der Waals surface area (Å²) in [5, 5.41) is 0.715. The van der Waals surface area contributed by atoms with Crippen LogP contribution in [-0.4, -0.2) is 24.9 Å². The zero-order valence-electron chi connectivity index (χ0n) is 9.02. The zero-order chi connectivity index (χ0) is 11.1. The average molecular weight is 221 g/mol. The van der Waals surface area contributed by atoms with Gasteiger partial charge in [-0.3, -0.25) is 0 Å². The van der Waals surface area contributed by atoms with Crippen molar-refractivity contribution in [3.05, 3.63) is 53.1 Å². The first-order valence-electron chi connectivity index (χ1n) is 4.78. The highest BCUT2D eigenvalue weighted by molar-refractivity contribution is 6.32. The molecule has 0 fully saturated rings. The molecule has 15 heavy (non-hydrogen) atoms. The lowest BCUT2D eigenvalue weighted by Gasteiger charge is -1.90. The van der Waals surface area contributed by atoms with E-state index in [1.807, 2.05) is 73.4 Å². The van der Waals surface area contributed by atoms with Crippen molar-refractivity contribution in [1.82, 2.24) is 0 Å². The van der Waals surface area contributed by atoms with Gasteiger partial charge < -0.3 is 0 Å². The maximum Gasteiger partial charge on any atom is 0.164 e. The number of hydrogen-bond donors (Lipinski definition) is 0. The fourth-order valence-corrected chi connectivity index (χ4v) is 1.14. The molecule has 0 heterocycles. The van der Waals surface area contributed by atoms with Crippen LogP contribution in [0.25, 0.3) is 6.08 Å². The normalized spacial score (nSPS) is 11.8. The molecule has 1 aromatic carbocycles. The van der Waals surface area contributed by atoms with Crippen LogP contribution < -0.4 is 0 Å². The number of hydrogen-bond acceptors (Lipinski definition) is 0. The van der Waals surface area contributed by atoms with Crippen LogP contribution in [0.5, 0.6) is 0 Å². The molecule has 1 rings (SSSR count). The SMILES string of the molecule is C[N+](C)=C/C=C(Cl)/C=C/c1ccccc1. The molecule has 0 amide bonds. The molecule has 2 heteroatoms. The average Bonchev–Trinajstić information content (AvgIpc) is 2.25. The molecule has 0 radical (unpaired) electrons. The molecule has 0 aliphatic heterocycles. The Hall–Kier alpha value is -1.34. The highest BCUT2D eigenvalue weighted by Crippen LogP contribution is 2.07. The van der Waals surface area contributed by atoms with Crippen molar-refractivity contribution in [3.8, 4) is 0 Å². The third-order valence-electron chi connectivity index (χ3n) is 1.77. The highest BCUT2D eigenvalue weighted by Gasteiger charge is 1.87. The van der Waals surface area contributed by atoms with E-state index in [0.717, 1.165) is 5.56 Å². The Labute approximate surface area is 96.0 Å². The second kappa shape index (κ2) is 6.20. The molecule has 0 spiro atoms. The standard InChI is InChI=1S/C13H15ClN/c1-15(2)11-10-13(14)9-8-12-6-4-3-5-7-12/h3-11H,1-2H3/q+1/b9-8+,13-10-. The van der Waals surface area contributed by atoms with Crippen LogP contribution in [0.4, 0.5) is 0 Å². The van der Waals surface area contributed by atoms with E-state index < -0.39 is 0 Å². The van der Waals surface area contributed by atoms with E-state index in [9.17, 15) is 0 Å². The van der Waals surface area contributed by atoms with E-state index in [0.29, 0.717) is 5.03 Å². The van der Waals surface area contributed by atoms with Crippen LogP contribution in [0.1, 0.15) is 5.56 Å². The number of benzene rings is 1. The predicted octanol–water partition coefficient (Wildman–Crippen LogP) is 3.17. The molecule has 0 unspecified atom stereocenters. The topological polar surface area (TPSA) is 3.01 Å². The predicted molar refractivity (Wildman–Crippen MR) is 67.6 cm³/mol. The Balaban J connectivity index is 2.66. The molecule has 0 atom stereocenters. The van der Waals surface area contributed by atoms with Crippen molar-refractivity contribution < 1.29 is 4.58 Å². The number of allylic oxidation sites excluding steroid dienone is 3. The van der Waals surface area contributed by atoms with E-state index in [4.69, 9.17) is 11.6 Å². The van der Waals surface area contributed by atoms with E-state index in [1.54, 1.807) is 0 Å². The van der Waals surface area contributed by atoms with Gasteiger partial charge in [0.2, 0.25) is 0 Å². The molecule has 0 aromatic heterocycles. The van der Waals surface area contributed by atoms with Crippen molar-refractivity contribution in [2.24, 2.45) is 0 Å². The molecular weight excluding hydrogens is 206 g/mol. The fraction of sp³-hybridized carbons (Fsp3) is 0.154. The lowest BCUT2D eigenvalue weighted by atomic mass is 10.2. The quantitative estimate of drug-likeness (QED) is 0.418. The van der Waals surface area contributed by atoms with Crippen molar-refractivity contribution in [2.45, 2.75) is 0 Å². The van der Waals surface area contributed by atoms with Gasteiger partial charge in [0.15, 0.2) is 6.21 Å². The van der Waals surface area contributed by atoms with Crippen molar-refractivity contribution in [2.75, 3.05) is 14.1 Å². The summed E-state index contributed by atoms with van der Waals surface area (Å²) in [6.07, 6.45) is 7.65. The Morgan fingerprint density at radius 1 is 1.20 bits per heavy atom. The van der Waals surface area contributed by atoms with E-state index in [2.05, 4.69) is 0 Å². The summed E-state index contributed by atoms with van der Waals surface area (Å²) in [6.45, 7) is 0. The van der Waals surface area contributed by atoms with Gasteiger partial charge in [0.05, 0.1) is 0 Å².